The number of aromatic nitrogens is 8. The van der Waals surface area contributed by atoms with Crippen molar-refractivity contribution in [2.24, 2.45) is 5.73 Å². The number of hydrogen-bond acceptors (Lipinski definition) is 28. The summed E-state index contributed by atoms with van der Waals surface area (Å²) in [7, 11) is 20.3. The second kappa shape index (κ2) is 67.1. The zero-order valence-corrected chi connectivity index (χ0v) is 78.0. The van der Waals surface area contributed by atoms with Crippen molar-refractivity contribution in [3.8, 4) is 23.0 Å². The van der Waals surface area contributed by atoms with Crippen molar-refractivity contribution in [1.82, 2.24) is 39.9 Å². The molecule has 0 bridgehead atoms. The number of methoxy groups -OCH3 is 8. The van der Waals surface area contributed by atoms with Crippen LogP contribution in [0.2, 0.25) is 10.3 Å². The summed E-state index contributed by atoms with van der Waals surface area (Å²) in [6, 6.07) is 23.1. The Balaban J connectivity index is -0.000000706. The van der Waals surface area contributed by atoms with E-state index in [0.717, 1.165) is 178 Å². The summed E-state index contributed by atoms with van der Waals surface area (Å²) in [6.07, 6.45) is 15.2. The molecule has 3 atom stereocenters. The van der Waals surface area contributed by atoms with Gasteiger partial charge in [0.1, 0.15) is 44.9 Å². The second-order valence-corrected chi connectivity index (χ2v) is 29.9. The summed E-state index contributed by atoms with van der Waals surface area (Å²) < 4.78 is 51.0. The van der Waals surface area contributed by atoms with Gasteiger partial charge in [-0.05, 0) is 154 Å². The zero-order chi connectivity index (χ0) is 86.8. The molecule has 0 unspecified atom stereocenters. The van der Waals surface area contributed by atoms with E-state index < -0.39 is 15.2 Å². The van der Waals surface area contributed by atoms with Crippen molar-refractivity contribution in [1.29, 1.82) is 5.26 Å². The van der Waals surface area contributed by atoms with Crippen molar-refractivity contribution in [3.05, 3.63) is 179 Å². The summed E-state index contributed by atoms with van der Waals surface area (Å²) in [5.41, 5.74) is 42.3. The Hall–Kier alpha value is -6.35. The van der Waals surface area contributed by atoms with E-state index in [0.29, 0.717) is 73.0 Å². The van der Waals surface area contributed by atoms with E-state index in [1.54, 1.807) is 74.9 Å². The van der Waals surface area contributed by atoms with Gasteiger partial charge in [0.15, 0.2) is 17.4 Å². The Labute approximate surface area is 783 Å². The van der Waals surface area contributed by atoms with Gasteiger partial charge in [0.25, 0.3) is 0 Å². The first-order valence-corrected chi connectivity index (χ1v) is 41.7. The predicted octanol–water partition coefficient (Wildman–Crippen LogP) is 8.95. The Kier molecular flexibility index (Phi) is 65.9. The standard InChI is InChI=1S/C22H33ClN4O2.C22H34N4O3.C15H16ClN3O3.C14H16ClN3O2.C8H19NO.CN.CH4.Al.Cl2OS.Li.Na.4H/c1-5-6-7-18(10-11-28-3)26-21-19(15(2)25-22(24)27-21)13-17-12-16(14-23)8-9-20(17)29-4;1-5-6-7-18(10-11-28-3)25-21-19(15(2)24-22(23)26-21)13-17-12-16(14-27)8-9-20(17)29-4;1-8-11(13(16)19-15(17)18-8)7-10-6-9(14(20)22-3)4-5-12(10)21-2;1-8-11(13(15)18-14(16)17-8)6-10-5-9(7-19)3-4-12(10)20-2;1-3-4-5-8(9)6-7-10-2;1-2;;;1-4(2)3;;;;;;/h8-9,12,18H,5-7,10-11,13-14H2,1-4H3,(H3,24,25,26,27);8-9,12,18,27H,5-7,10-11,13-14H2,1-4H3,(H3,23,24,25,26);4-6H,7H2,1-3H3,(H2,17,18,19);3-5,19H,6-7H2,1-2H3,(H2,16,17,18);8H,3-7,9H2,1-2H3;;1H4;;;;;;;;/q;;;;;-1;;;;2*+1;;;;-1/t2*18-;;;8-;;;;;;;;;;/m00..0........../s1. The van der Waals surface area contributed by atoms with Gasteiger partial charge >= 0.3 is 54.4 Å². The summed E-state index contributed by atoms with van der Waals surface area (Å²) in [5.74, 6) is 5.35. The first-order chi connectivity index (χ1) is 55.6. The zero-order valence-electron chi connectivity index (χ0n) is 72.4. The van der Waals surface area contributed by atoms with Crippen molar-refractivity contribution in [2.75, 3.05) is 110 Å². The van der Waals surface area contributed by atoms with E-state index >= 15 is 0 Å². The molecule has 14 N–H and O–H groups in total. The molecule has 0 aliphatic carbocycles. The van der Waals surface area contributed by atoms with Gasteiger partial charge < -0.3 is 101 Å². The molecule has 656 valence electrons. The maximum absolute atomic E-state index is 11.7. The van der Waals surface area contributed by atoms with Crippen LogP contribution in [0.1, 0.15) is 201 Å². The topological polar surface area (TPSA) is 430 Å². The first kappa shape index (κ1) is 118. The Morgan fingerprint density at radius 1 is 0.500 bits per heavy atom. The normalized spacial score (nSPS) is 10.9. The predicted molar refractivity (Wildman–Crippen MR) is 484 cm³/mol. The molecule has 0 amide bonds. The Morgan fingerprint density at radius 3 is 1.12 bits per heavy atom. The number of esters is 1. The average molecular weight is 1810 g/mol. The minimum absolute atomic E-state index is 0. The van der Waals surface area contributed by atoms with Gasteiger partial charge in [-0.1, -0.05) is 114 Å². The number of nitrogens with one attached hydrogen (secondary N) is 2. The third-order valence-electron chi connectivity index (χ3n) is 18.0. The van der Waals surface area contributed by atoms with Crippen LogP contribution in [0.5, 0.6) is 23.0 Å². The number of anilines is 6. The molecule has 0 radical (unpaired) electrons. The third kappa shape index (κ3) is 43.3. The van der Waals surface area contributed by atoms with Crippen LogP contribution < -0.4 is 107 Å². The SMILES string of the molecule is C.CCCC[C@@H](CCOC)Nc1nc(N)nc(C)c1Cc1cc(CCl)ccc1OC.CCCC[C@@H](CCOC)Nc1nc(N)nc(C)c1Cc1cc(CO)ccc1OC.CCCC[C@H](N)CCOC.COC(=O)c1ccc(OC)c(Cc2c(C)nc(N)nc2Cl)c1.COc1ccc(CO)cc1Cc1c(C)nc(N)nc1Cl.O=S(Cl)Cl.[AlH3].[C-]#N.[H-].[Li+].[Na+]. The van der Waals surface area contributed by atoms with E-state index in [2.05, 4.69) is 98.7 Å². The van der Waals surface area contributed by atoms with Crippen LogP contribution in [0, 0.1) is 39.5 Å². The molecule has 37 heteroatoms. The number of hydrogen-bond donors (Lipinski definition) is 9. The van der Waals surface area contributed by atoms with Gasteiger partial charge in [0.05, 0.1) is 54.3 Å². The maximum Gasteiger partial charge on any atom is 1.00 e. The van der Waals surface area contributed by atoms with Crippen LogP contribution in [0.15, 0.2) is 72.8 Å². The van der Waals surface area contributed by atoms with E-state index in [1.165, 1.54) is 20.0 Å². The molecule has 28 nitrogen and oxygen atoms in total. The van der Waals surface area contributed by atoms with Gasteiger partial charge in [-0.2, -0.15) is 9.97 Å². The number of aliphatic hydroxyl groups excluding tert-OH is 2. The number of benzene rings is 4. The van der Waals surface area contributed by atoms with E-state index in [4.69, 9.17) is 117 Å². The van der Waals surface area contributed by atoms with Gasteiger partial charge in [-0.25, -0.2) is 38.9 Å². The number of alkyl halides is 1. The number of carbonyl (C=O) groups is 1. The third-order valence-corrected chi connectivity index (χ3v) is 18.9. The smallest absolute Gasteiger partial charge is 1.00 e. The van der Waals surface area contributed by atoms with E-state index in [9.17, 15) is 15.0 Å². The molecular formula is C83H126AlCl5LiN16NaO12S. The Morgan fingerprint density at radius 2 is 0.800 bits per heavy atom. The molecule has 0 aliphatic rings. The van der Waals surface area contributed by atoms with Crippen molar-refractivity contribution in [2.45, 2.75) is 196 Å². The molecule has 0 saturated carbocycles. The molecule has 0 spiro atoms. The molecule has 8 aromatic rings. The minimum atomic E-state index is -1.67. The van der Waals surface area contributed by atoms with Crippen LogP contribution in [0.3, 0.4) is 0 Å². The van der Waals surface area contributed by atoms with Crippen LogP contribution >= 0.6 is 56.2 Å². The number of nitrogen functional groups attached to an aromatic ring is 4. The first-order valence-electron chi connectivity index (χ1n) is 37.6. The monoisotopic (exact) mass is 1800 g/mol. The molecule has 4 aromatic heterocycles. The molecule has 0 fully saturated rings. The summed E-state index contributed by atoms with van der Waals surface area (Å²) in [5, 5.41) is 32.8. The summed E-state index contributed by atoms with van der Waals surface area (Å²) in [6.45, 7) is 21.0. The summed E-state index contributed by atoms with van der Waals surface area (Å²) in [4.78, 5) is 45.6. The Bertz CT molecular complexity index is 4110. The number of aliphatic hydroxyl groups is 2. The molecule has 0 aliphatic heterocycles. The number of aryl methyl sites for hydroxylation is 4. The number of nitrogens with zero attached hydrogens (tertiary/aromatic N) is 9. The van der Waals surface area contributed by atoms with Crippen LogP contribution in [0.25, 0.3) is 0 Å². The van der Waals surface area contributed by atoms with Crippen molar-refractivity contribution >= 4 is 124 Å². The van der Waals surface area contributed by atoms with Crippen LogP contribution in [0.4, 0.5) is 35.4 Å². The molecule has 8 rings (SSSR count). The van der Waals surface area contributed by atoms with Crippen molar-refractivity contribution in [3.63, 3.8) is 0 Å². The van der Waals surface area contributed by atoms with Gasteiger partial charge in [-0.15, -0.1) is 11.6 Å². The van der Waals surface area contributed by atoms with Crippen LogP contribution in [-0.2, 0) is 73.0 Å². The molecular weight excluding hydrogens is 1680 g/mol. The fraction of sp³-hybridized carbons (Fsp3) is 0.494. The second-order valence-electron chi connectivity index (χ2n) is 26.4. The van der Waals surface area contributed by atoms with E-state index in [-0.39, 0.29) is 129 Å². The number of unbranched alkanes of at least 4 members (excludes halogenated alkanes) is 3. The number of rotatable bonds is 38. The molecule has 4 heterocycles. The fourth-order valence-corrected chi connectivity index (χ4v) is 12.6. The average Bonchev–Trinajstić information content (AvgIpc) is 0.840. The van der Waals surface area contributed by atoms with Gasteiger partial charge in [-0.3, -0.25) is 0 Å². The number of nitrogens with two attached hydrogens (primary N) is 5. The summed E-state index contributed by atoms with van der Waals surface area (Å²) >= 11 is 18.3. The van der Waals surface area contributed by atoms with Crippen molar-refractivity contribution < 1.29 is 107 Å². The molecule has 0 saturated heterocycles. The largest absolute Gasteiger partial charge is 1.00 e. The van der Waals surface area contributed by atoms with Crippen LogP contribution in [-0.4, -0.2) is 172 Å². The quantitative estimate of drug-likeness (QED) is 0.00435. The maximum atomic E-state index is 11.7. The molecule has 4 aromatic carbocycles. The van der Waals surface area contributed by atoms with Gasteiger partial charge in [0.2, 0.25) is 33.0 Å². The van der Waals surface area contributed by atoms with E-state index in [1.807, 2.05) is 69.3 Å². The number of halogens is 5. The number of ether oxygens (including phenoxy) is 8. The minimum Gasteiger partial charge on any atom is -1.00 e. The molecule has 120 heavy (non-hydrogen) atoms. The van der Waals surface area contributed by atoms with Gasteiger partial charge in [0, 0.05) is 157 Å². The number of carbonyl (C=O) groups excluding carboxylic acids is 1. The fourth-order valence-electron chi connectivity index (χ4n) is 11.8.